The van der Waals surface area contributed by atoms with Gasteiger partial charge >= 0.3 is 12.1 Å². The Balaban J connectivity index is 1.94. The first-order valence-electron chi connectivity index (χ1n) is 9.02. The maximum Gasteiger partial charge on any atom is 0.407 e. The minimum absolute atomic E-state index is 0.0639. The molecule has 13 nitrogen and oxygen atoms in total. The van der Waals surface area contributed by atoms with Gasteiger partial charge in [-0.25, -0.2) is 19.6 Å². The van der Waals surface area contributed by atoms with Gasteiger partial charge in [0.1, 0.15) is 24.6 Å². The van der Waals surface area contributed by atoms with Crippen molar-refractivity contribution in [3.8, 4) is 5.69 Å². The van der Waals surface area contributed by atoms with E-state index in [0.717, 1.165) is 6.07 Å². The molecule has 3 N–H and O–H groups in total. The number of anilines is 1. The molecule has 1 aliphatic rings. The highest BCUT2D eigenvalue weighted by Gasteiger charge is 2.30. The van der Waals surface area contributed by atoms with Gasteiger partial charge in [0.25, 0.3) is 5.69 Å². The van der Waals surface area contributed by atoms with Gasteiger partial charge < -0.3 is 25.3 Å². The van der Waals surface area contributed by atoms with Crippen molar-refractivity contribution in [1.29, 1.82) is 0 Å². The molecule has 0 saturated heterocycles. The average Bonchev–Trinajstić information content (AvgIpc) is 3.18. The topological polar surface area (TPSA) is 178 Å². The molecular weight excluding hydrogens is 412 g/mol. The SMILES string of the molecule is CC(C)NC(=O)OCc1cn(-c2cc3c(cc2[N+](=O)[O-])NC(C=O)C(C(=O)O)=N3)cn1. The monoisotopic (exact) mass is 430 g/mol. The van der Waals surface area contributed by atoms with E-state index in [9.17, 15) is 29.6 Å². The highest BCUT2D eigenvalue weighted by Crippen LogP contribution is 2.37. The number of aromatic nitrogens is 2. The molecular formula is C18H18N6O7. The minimum Gasteiger partial charge on any atom is -0.477 e. The van der Waals surface area contributed by atoms with Gasteiger partial charge in [-0.1, -0.05) is 0 Å². The van der Waals surface area contributed by atoms with Gasteiger partial charge in [0, 0.05) is 18.3 Å². The fourth-order valence-corrected chi connectivity index (χ4v) is 2.83. The Morgan fingerprint density at radius 3 is 2.81 bits per heavy atom. The number of carbonyl (C=O) groups is 3. The number of nitrogens with zero attached hydrogens (tertiary/aromatic N) is 4. The smallest absolute Gasteiger partial charge is 0.407 e. The Bertz CT molecular complexity index is 1090. The van der Waals surface area contributed by atoms with E-state index >= 15 is 0 Å². The van der Waals surface area contributed by atoms with Crippen molar-refractivity contribution in [3.05, 3.63) is 40.5 Å². The second-order valence-corrected chi connectivity index (χ2v) is 6.82. The van der Waals surface area contributed by atoms with Crippen LogP contribution in [0.2, 0.25) is 0 Å². The van der Waals surface area contributed by atoms with E-state index in [1.54, 1.807) is 13.8 Å². The lowest BCUT2D eigenvalue weighted by Crippen LogP contribution is -2.38. The van der Waals surface area contributed by atoms with Crippen LogP contribution in [0, 0.1) is 10.1 Å². The van der Waals surface area contributed by atoms with E-state index in [2.05, 4.69) is 20.6 Å². The predicted octanol–water partition coefficient (Wildman–Crippen LogP) is 1.57. The Kier molecular flexibility index (Phi) is 5.95. The number of amides is 1. The number of ether oxygens (including phenoxy) is 1. The van der Waals surface area contributed by atoms with Crippen LogP contribution in [0.5, 0.6) is 0 Å². The van der Waals surface area contributed by atoms with Crippen molar-refractivity contribution >= 4 is 41.1 Å². The number of nitro benzene ring substituents is 1. The molecule has 1 atom stereocenters. The van der Waals surface area contributed by atoms with E-state index < -0.39 is 28.7 Å². The Morgan fingerprint density at radius 1 is 1.45 bits per heavy atom. The number of hydrogen-bond acceptors (Lipinski definition) is 9. The number of benzene rings is 1. The number of nitrogens with one attached hydrogen (secondary N) is 2. The van der Waals surface area contributed by atoms with Crippen molar-refractivity contribution in [1.82, 2.24) is 14.9 Å². The third-order valence-electron chi connectivity index (χ3n) is 4.16. The van der Waals surface area contributed by atoms with E-state index in [0.29, 0.717) is 12.0 Å². The summed E-state index contributed by atoms with van der Waals surface area (Å²) in [6, 6.07) is 1.13. The summed E-state index contributed by atoms with van der Waals surface area (Å²) in [5.41, 5.74) is -0.107. The van der Waals surface area contributed by atoms with Crippen molar-refractivity contribution in [3.63, 3.8) is 0 Å². The highest BCUT2D eigenvalue weighted by atomic mass is 16.6. The first-order valence-corrected chi connectivity index (χ1v) is 9.02. The lowest BCUT2D eigenvalue weighted by molar-refractivity contribution is -0.384. The van der Waals surface area contributed by atoms with Gasteiger partial charge in [0.05, 0.1) is 28.3 Å². The molecule has 0 saturated carbocycles. The highest BCUT2D eigenvalue weighted by molar-refractivity contribution is 6.42. The number of rotatable bonds is 7. The van der Waals surface area contributed by atoms with Gasteiger partial charge in [0.15, 0.2) is 5.71 Å². The molecule has 0 radical (unpaired) electrons. The van der Waals surface area contributed by atoms with Crippen LogP contribution in [0.25, 0.3) is 5.69 Å². The van der Waals surface area contributed by atoms with Crippen LogP contribution in [-0.2, 0) is 20.9 Å². The second kappa shape index (κ2) is 8.61. The fourth-order valence-electron chi connectivity index (χ4n) is 2.83. The number of imidazole rings is 1. The second-order valence-electron chi connectivity index (χ2n) is 6.82. The van der Waals surface area contributed by atoms with Gasteiger partial charge in [-0.05, 0) is 19.9 Å². The molecule has 13 heteroatoms. The number of hydrogen-bond donors (Lipinski definition) is 3. The molecule has 1 unspecified atom stereocenters. The van der Waals surface area contributed by atoms with Crippen molar-refractivity contribution in [2.75, 3.05) is 5.32 Å². The summed E-state index contributed by atoms with van der Waals surface area (Å²) in [6.45, 7) is 3.39. The van der Waals surface area contributed by atoms with Gasteiger partial charge in [-0.15, -0.1) is 0 Å². The molecule has 2 aromatic rings. The molecule has 1 aromatic heterocycles. The zero-order valence-electron chi connectivity index (χ0n) is 16.4. The Labute approximate surface area is 174 Å². The van der Waals surface area contributed by atoms with Crippen LogP contribution < -0.4 is 10.6 Å². The number of carboxylic acids is 1. The van der Waals surface area contributed by atoms with E-state index in [1.165, 1.54) is 23.2 Å². The minimum atomic E-state index is -1.39. The summed E-state index contributed by atoms with van der Waals surface area (Å²) in [7, 11) is 0. The lowest BCUT2D eigenvalue weighted by Gasteiger charge is -2.21. The van der Waals surface area contributed by atoms with E-state index in [-0.39, 0.29) is 35.4 Å². The standard InChI is InChI=1S/C18H18N6O7/c1-9(2)20-18(28)31-7-10-5-23(8-19-10)14-3-12-11(4-15(14)24(29)30)21-13(6-25)16(22-12)17(26)27/h3-6,8-9,13,21H,7H2,1-2H3,(H,20,28)(H,26,27). The zero-order chi connectivity index (χ0) is 22.7. The maximum absolute atomic E-state index is 11.6. The van der Waals surface area contributed by atoms with Gasteiger partial charge in [-0.3, -0.25) is 14.7 Å². The molecule has 1 aromatic carbocycles. The van der Waals surface area contributed by atoms with Crippen LogP contribution >= 0.6 is 0 Å². The molecule has 0 fully saturated rings. The predicted molar refractivity (Wildman–Crippen MR) is 107 cm³/mol. The summed E-state index contributed by atoms with van der Waals surface area (Å²) >= 11 is 0. The average molecular weight is 430 g/mol. The van der Waals surface area contributed by atoms with Crippen molar-refractivity contribution in [2.45, 2.75) is 32.5 Å². The largest absolute Gasteiger partial charge is 0.477 e. The first-order chi connectivity index (χ1) is 14.7. The fraction of sp³-hybridized carbons (Fsp3) is 0.278. The summed E-state index contributed by atoms with van der Waals surface area (Å²) in [5.74, 6) is -1.39. The van der Waals surface area contributed by atoms with Crippen LogP contribution in [0.15, 0.2) is 29.6 Å². The van der Waals surface area contributed by atoms with Crippen molar-refractivity contribution in [2.24, 2.45) is 4.99 Å². The lowest BCUT2D eigenvalue weighted by atomic mass is 10.1. The number of alkyl carbamates (subject to hydrolysis) is 1. The molecule has 1 amide bonds. The normalized spacial score (nSPS) is 14.8. The summed E-state index contributed by atoms with van der Waals surface area (Å²) in [4.78, 5) is 53.1. The number of carbonyl (C=O) groups excluding carboxylic acids is 2. The molecule has 3 rings (SSSR count). The number of aldehydes is 1. The van der Waals surface area contributed by atoms with E-state index in [4.69, 9.17) is 4.74 Å². The summed E-state index contributed by atoms with van der Waals surface area (Å²) in [6.07, 6.45) is 2.45. The quantitative estimate of drug-likeness (QED) is 0.334. The maximum atomic E-state index is 11.6. The Hall–Kier alpha value is -4.29. The van der Waals surface area contributed by atoms with Crippen LogP contribution in [0.3, 0.4) is 0 Å². The molecule has 0 spiro atoms. The molecule has 0 bridgehead atoms. The third kappa shape index (κ3) is 4.66. The zero-order valence-corrected chi connectivity index (χ0v) is 16.4. The van der Waals surface area contributed by atoms with Crippen LogP contribution in [-0.4, -0.2) is 55.7 Å². The molecule has 31 heavy (non-hydrogen) atoms. The molecule has 2 heterocycles. The van der Waals surface area contributed by atoms with Gasteiger partial charge in [0.2, 0.25) is 0 Å². The number of aliphatic imine (C=N–C) groups is 1. The summed E-state index contributed by atoms with van der Waals surface area (Å²) in [5, 5.41) is 26.0. The number of aliphatic carboxylic acids is 1. The number of carboxylic acid groups (broad SMARTS) is 1. The third-order valence-corrected chi connectivity index (χ3v) is 4.16. The summed E-state index contributed by atoms with van der Waals surface area (Å²) < 4.78 is 6.36. The molecule has 162 valence electrons. The molecule has 1 aliphatic heterocycles. The Morgan fingerprint density at radius 2 is 2.19 bits per heavy atom. The number of nitro groups is 1. The number of fused-ring (bicyclic) bond motifs is 1. The van der Waals surface area contributed by atoms with Crippen LogP contribution in [0.1, 0.15) is 19.5 Å². The van der Waals surface area contributed by atoms with E-state index in [1.807, 2.05) is 0 Å². The van der Waals surface area contributed by atoms with Crippen LogP contribution in [0.4, 0.5) is 21.9 Å². The van der Waals surface area contributed by atoms with Gasteiger partial charge in [-0.2, -0.15) is 0 Å². The molecule has 0 aliphatic carbocycles. The first kappa shape index (κ1) is 21.4. The van der Waals surface area contributed by atoms with Crippen molar-refractivity contribution < 1.29 is 29.2 Å².